The number of carboxylic acid groups (broad SMARTS) is 1. The second-order valence-electron chi connectivity index (χ2n) is 22.0. The number of carbonyl (C=O) groups excluding carboxylic acids is 2. The van der Waals surface area contributed by atoms with Gasteiger partial charge >= 0.3 is 17.9 Å². The number of esters is 2. The molecular weight excluding hydrogens is 899 g/mol. The number of ether oxygens (including phenoxy) is 4. The van der Waals surface area contributed by atoms with Crippen LogP contribution in [-0.4, -0.2) is 87.4 Å². The molecule has 0 aliphatic heterocycles. The summed E-state index contributed by atoms with van der Waals surface area (Å²) in [4.78, 5) is 37.4. The van der Waals surface area contributed by atoms with E-state index < -0.39 is 24.3 Å². The Labute approximate surface area is 445 Å². The summed E-state index contributed by atoms with van der Waals surface area (Å²) in [6.45, 7) is 4.88. The van der Waals surface area contributed by atoms with Crippen LogP contribution >= 0.6 is 0 Å². The molecule has 0 rings (SSSR count). The number of hydrogen-bond acceptors (Lipinski definition) is 7. The first-order chi connectivity index (χ1) is 35.1. The van der Waals surface area contributed by atoms with Crippen LogP contribution < -0.4 is 0 Å². The molecule has 0 aliphatic rings. The normalized spacial score (nSPS) is 13.0. The first kappa shape index (κ1) is 69.5. The molecule has 1 N–H and O–H groups in total. The van der Waals surface area contributed by atoms with Gasteiger partial charge in [0, 0.05) is 12.8 Å². The van der Waals surface area contributed by atoms with Gasteiger partial charge in [0.2, 0.25) is 0 Å². The molecule has 2 atom stereocenters. The van der Waals surface area contributed by atoms with Crippen LogP contribution in [0.25, 0.3) is 0 Å². The molecule has 0 heterocycles. The van der Waals surface area contributed by atoms with Crippen LogP contribution in [0.3, 0.4) is 0 Å². The second-order valence-corrected chi connectivity index (χ2v) is 22.0. The Bertz CT molecular complexity index is 1270. The van der Waals surface area contributed by atoms with Crippen molar-refractivity contribution < 1.29 is 42.9 Å². The van der Waals surface area contributed by atoms with Crippen LogP contribution in [0.1, 0.15) is 290 Å². The standard InChI is InChI=1S/C63H117NO8/c1-6-8-10-12-14-16-18-20-22-24-25-26-27-28-29-30-31-32-33-34-35-36-37-38-40-41-43-45-47-49-51-53-60(65)70-57-59(58-71-63(62(67)68)69-56-55-64(3,4)5)72-61(66)54-52-50-48-46-44-42-39-23-21-19-17-15-13-11-9-7-2/h17,19,23-25,39,59,63H,6-16,18,20-22,26-38,40-58H2,1-5H3/p+1/b19-17-,25-24-,39-23-. The van der Waals surface area contributed by atoms with Gasteiger partial charge in [0.05, 0.1) is 34.4 Å². The third kappa shape index (κ3) is 55.3. The molecule has 2 unspecified atom stereocenters. The monoisotopic (exact) mass is 1020 g/mol. The second kappa shape index (κ2) is 54.8. The lowest BCUT2D eigenvalue weighted by atomic mass is 10.0. The summed E-state index contributed by atoms with van der Waals surface area (Å²) in [7, 11) is 5.97. The van der Waals surface area contributed by atoms with Crippen molar-refractivity contribution >= 4 is 17.9 Å². The maximum Gasteiger partial charge on any atom is 0.361 e. The lowest BCUT2D eigenvalue weighted by Crippen LogP contribution is -2.40. The largest absolute Gasteiger partial charge is 0.477 e. The van der Waals surface area contributed by atoms with E-state index in [1.807, 2.05) is 21.1 Å². The fraction of sp³-hybridized carbons (Fsp3) is 0.857. The highest BCUT2D eigenvalue weighted by atomic mass is 16.7. The van der Waals surface area contributed by atoms with Crippen molar-refractivity contribution in [3.63, 3.8) is 0 Å². The Morgan fingerprint density at radius 1 is 0.417 bits per heavy atom. The van der Waals surface area contributed by atoms with E-state index in [0.717, 1.165) is 57.8 Å². The fourth-order valence-electron chi connectivity index (χ4n) is 8.86. The molecule has 0 aliphatic carbocycles. The number of allylic oxidation sites excluding steroid dienone is 6. The third-order valence-corrected chi connectivity index (χ3v) is 13.6. The van der Waals surface area contributed by atoms with Gasteiger partial charge in [-0.25, -0.2) is 4.79 Å². The van der Waals surface area contributed by atoms with Crippen molar-refractivity contribution in [2.24, 2.45) is 0 Å². The van der Waals surface area contributed by atoms with E-state index in [1.54, 1.807) is 0 Å². The van der Waals surface area contributed by atoms with E-state index in [9.17, 15) is 19.5 Å². The summed E-state index contributed by atoms with van der Waals surface area (Å²) in [5.41, 5.74) is 0. The van der Waals surface area contributed by atoms with Crippen LogP contribution in [0.4, 0.5) is 0 Å². The average Bonchev–Trinajstić information content (AvgIpc) is 3.35. The number of likely N-dealkylation sites (N-methyl/N-ethyl adjacent to an activating group) is 1. The molecule has 0 saturated carbocycles. The smallest absolute Gasteiger partial charge is 0.361 e. The zero-order valence-electron chi connectivity index (χ0n) is 48.1. The zero-order valence-corrected chi connectivity index (χ0v) is 48.1. The minimum Gasteiger partial charge on any atom is -0.477 e. The topological polar surface area (TPSA) is 108 Å². The Kier molecular flexibility index (Phi) is 52.9. The number of carbonyl (C=O) groups is 3. The molecule has 0 aromatic heterocycles. The highest BCUT2D eigenvalue weighted by molar-refractivity contribution is 5.71. The summed E-state index contributed by atoms with van der Waals surface area (Å²) in [5, 5.41) is 9.70. The summed E-state index contributed by atoms with van der Waals surface area (Å²) < 4.78 is 22.9. The molecule has 0 bridgehead atoms. The summed E-state index contributed by atoms with van der Waals surface area (Å²) in [6, 6.07) is 0. The number of quaternary nitrogens is 1. The van der Waals surface area contributed by atoms with E-state index >= 15 is 0 Å². The van der Waals surface area contributed by atoms with Gasteiger partial charge in [-0.1, -0.05) is 243 Å². The van der Waals surface area contributed by atoms with Gasteiger partial charge in [0.25, 0.3) is 6.29 Å². The highest BCUT2D eigenvalue weighted by Crippen LogP contribution is 2.17. The number of hydrogen-bond donors (Lipinski definition) is 1. The van der Waals surface area contributed by atoms with Crippen molar-refractivity contribution in [1.29, 1.82) is 0 Å². The number of nitrogens with zero attached hydrogens (tertiary/aromatic N) is 1. The molecular formula is C63H118NO8+. The van der Waals surface area contributed by atoms with Crippen LogP contribution in [-0.2, 0) is 33.3 Å². The van der Waals surface area contributed by atoms with Gasteiger partial charge in [-0.05, 0) is 70.6 Å². The molecule has 0 amide bonds. The van der Waals surface area contributed by atoms with Gasteiger partial charge in [0.15, 0.2) is 6.10 Å². The quantitative estimate of drug-likeness (QED) is 0.0211. The first-order valence-corrected chi connectivity index (χ1v) is 30.7. The maximum atomic E-state index is 12.8. The third-order valence-electron chi connectivity index (χ3n) is 13.6. The molecule has 9 heteroatoms. The van der Waals surface area contributed by atoms with E-state index in [2.05, 4.69) is 50.3 Å². The molecule has 0 fully saturated rings. The molecule has 0 spiro atoms. The van der Waals surface area contributed by atoms with Gasteiger partial charge in [-0.2, -0.15) is 0 Å². The average molecular weight is 1020 g/mol. The van der Waals surface area contributed by atoms with E-state index in [4.69, 9.17) is 18.9 Å². The predicted octanol–water partition coefficient (Wildman–Crippen LogP) is 18.1. The SMILES string of the molecule is CCCCCC/C=C\C/C=C\CCCCCCCC(=O)OC(COC(=O)CCCCCCCCCCCCCCCCCCCCC/C=C\CCCCCCCCCC)COC(OCC[N+](C)(C)C)C(=O)O. The predicted molar refractivity (Wildman–Crippen MR) is 304 cm³/mol. The van der Waals surface area contributed by atoms with Gasteiger partial charge < -0.3 is 28.5 Å². The Morgan fingerprint density at radius 3 is 1.12 bits per heavy atom. The van der Waals surface area contributed by atoms with E-state index in [-0.39, 0.29) is 32.2 Å². The minimum atomic E-state index is -1.51. The summed E-state index contributed by atoms with van der Waals surface area (Å²) in [5.74, 6) is -2.01. The summed E-state index contributed by atoms with van der Waals surface area (Å²) in [6.07, 6.45) is 63.9. The first-order valence-electron chi connectivity index (χ1n) is 30.7. The molecule has 0 saturated heterocycles. The van der Waals surface area contributed by atoms with Crippen molar-refractivity contribution in [3.8, 4) is 0 Å². The van der Waals surface area contributed by atoms with E-state index in [1.165, 1.54) is 199 Å². The Hall–Kier alpha value is -2.49. The number of carboxylic acids is 1. The van der Waals surface area contributed by atoms with Crippen LogP contribution in [0.5, 0.6) is 0 Å². The van der Waals surface area contributed by atoms with Gasteiger partial charge in [-0.15, -0.1) is 0 Å². The molecule has 0 aromatic carbocycles. The van der Waals surface area contributed by atoms with E-state index in [0.29, 0.717) is 23.9 Å². The van der Waals surface area contributed by atoms with Crippen LogP contribution in [0.2, 0.25) is 0 Å². The van der Waals surface area contributed by atoms with Crippen LogP contribution in [0.15, 0.2) is 36.5 Å². The number of rotatable bonds is 57. The van der Waals surface area contributed by atoms with Crippen molar-refractivity contribution in [2.45, 2.75) is 302 Å². The fourth-order valence-corrected chi connectivity index (χ4v) is 8.86. The Balaban J connectivity index is 4.09. The molecule has 9 nitrogen and oxygen atoms in total. The minimum absolute atomic E-state index is 0.184. The lowest BCUT2D eigenvalue weighted by molar-refractivity contribution is -0.870. The number of unbranched alkanes of at least 4 members (excludes halogenated alkanes) is 36. The molecule has 422 valence electrons. The van der Waals surface area contributed by atoms with Gasteiger partial charge in [-0.3, -0.25) is 9.59 Å². The lowest BCUT2D eigenvalue weighted by Gasteiger charge is -2.25. The maximum absolute atomic E-state index is 12.8. The van der Waals surface area contributed by atoms with Crippen molar-refractivity contribution in [1.82, 2.24) is 0 Å². The zero-order chi connectivity index (χ0) is 52.7. The summed E-state index contributed by atoms with van der Waals surface area (Å²) >= 11 is 0. The number of aliphatic carboxylic acids is 1. The molecule has 72 heavy (non-hydrogen) atoms. The van der Waals surface area contributed by atoms with Crippen molar-refractivity contribution in [3.05, 3.63) is 36.5 Å². The molecule has 0 aromatic rings. The Morgan fingerprint density at radius 2 is 0.750 bits per heavy atom. The van der Waals surface area contributed by atoms with Crippen LogP contribution in [0, 0.1) is 0 Å². The molecule has 0 radical (unpaired) electrons. The highest BCUT2D eigenvalue weighted by Gasteiger charge is 2.25. The van der Waals surface area contributed by atoms with Gasteiger partial charge in [0.1, 0.15) is 13.2 Å². The van der Waals surface area contributed by atoms with Crippen molar-refractivity contribution in [2.75, 3.05) is 47.5 Å².